The minimum Gasteiger partial charge on any atom is -0.389 e. The molecule has 1 atom stereocenters. The molecule has 5 nitrogen and oxygen atoms in total. The molecule has 0 aliphatic carbocycles. The molecule has 3 N–H and O–H groups in total. The van der Waals surface area contributed by atoms with E-state index < -0.39 is 11.6 Å². The van der Waals surface area contributed by atoms with E-state index in [1.165, 1.54) is 7.11 Å². The Kier molecular flexibility index (Phi) is 6.47. The summed E-state index contributed by atoms with van der Waals surface area (Å²) in [5.74, 6) is -0.125. The number of ether oxygens (including phenoxy) is 1. The molecule has 0 aliphatic heterocycles. The lowest BCUT2D eigenvalue weighted by Gasteiger charge is -2.25. The summed E-state index contributed by atoms with van der Waals surface area (Å²) in [4.78, 5) is 11.6. The molecule has 0 spiro atoms. The molecule has 0 aromatic carbocycles. The number of hydrogen-bond donors (Lipinski definition) is 3. The molecule has 0 saturated heterocycles. The standard InChI is InChI=1S/C10H22N2O3/c1-5-12-10(2,3)9(14)11-6-8(13)7-15-4/h8,12-13H,5-7H2,1-4H3,(H,11,14). The van der Waals surface area contributed by atoms with Crippen molar-refractivity contribution >= 4 is 5.91 Å². The molecule has 0 heterocycles. The smallest absolute Gasteiger partial charge is 0.239 e. The first-order valence-corrected chi connectivity index (χ1v) is 5.14. The number of carbonyl (C=O) groups excluding carboxylic acids is 1. The molecule has 5 heteroatoms. The monoisotopic (exact) mass is 218 g/mol. The molecule has 0 saturated carbocycles. The third-order valence-corrected chi connectivity index (χ3v) is 2.04. The van der Waals surface area contributed by atoms with Crippen LogP contribution in [0.4, 0.5) is 0 Å². The Labute approximate surface area is 91.2 Å². The van der Waals surface area contributed by atoms with Crippen LogP contribution in [-0.2, 0) is 9.53 Å². The third kappa shape index (κ3) is 5.71. The van der Waals surface area contributed by atoms with Crippen molar-refractivity contribution in [3.63, 3.8) is 0 Å². The zero-order valence-electron chi connectivity index (χ0n) is 9.96. The zero-order valence-corrected chi connectivity index (χ0v) is 9.96. The van der Waals surface area contributed by atoms with E-state index >= 15 is 0 Å². The first kappa shape index (κ1) is 14.3. The Hall–Kier alpha value is -0.650. The average molecular weight is 218 g/mol. The molecule has 0 radical (unpaired) electrons. The highest BCUT2D eigenvalue weighted by Gasteiger charge is 2.26. The first-order chi connectivity index (χ1) is 6.94. The van der Waals surface area contributed by atoms with E-state index in [2.05, 4.69) is 10.6 Å². The van der Waals surface area contributed by atoms with E-state index in [1.807, 2.05) is 6.92 Å². The summed E-state index contributed by atoms with van der Waals surface area (Å²) < 4.78 is 4.75. The van der Waals surface area contributed by atoms with Crippen molar-refractivity contribution in [2.45, 2.75) is 32.4 Å². The highest BCUT2D eigenvalue weighted by molar-refractivity contribution is 5.85. The van der Waals surface area contributed by atoms with Crippen LogP contribution >= 0.6 is 0 Å². The number of likely N-dealkylation sites (N-methyl/N-ethyl adjacent to an activating group) is 1. The van der Waals surface area contributed by atoms with Gasteiger partial charge in [0.1, 0.15) is 0 Å². The van der Waals surface area contributed by atoms with Gasteiger partial charge in [0.2, 0.25) is 5.91 Å². The Morgan fingerprint density at radius 3 is 2.60 bits per heavy atom. The number of rotatable bonds is 7. The second kappa shape index (κ2) is 6.76. The number of carbonyl (C=O) groups is 1. The summed E-state index contributed by atoms with van der Waals surface area (Å²) in [5, 5.41) is 15.0. The first-order valence-electron chi connectivity index (χ1n) is 5.14. The van der Waals surface area contributed by atoms with Crippen molar-refractivity contribution in [3.05, 3.63) is 0 Å². The van der Waals surface area contributed by atoms with Gasteiger partial charge in [0.15, 0.2) is 0 Å². The van der Waals surface area contributed by atoms with E-state index in [4.69, 9.17) is 4.74 Å². The van der Waals surface area contributed by atoms with Gasteiger partial charge in [-0.2, -0.15) is 0 Å². The van der Waals surface area contributed by atoms with Crippen molar-refractivity contribution in [1.82, 2.24) is 10.6 Å². The number of amides is 1. The van der Waals surface area contributed by atoms with Crippen LogP contribution in [-0.4, -0.2) is 49.5 Å². The topological polar surface area (TPSA) is 70.6 Å². The fourth-order valence-electron chi connectivity index (χ4n) is 1.21. The lowest BCUT2D eigenvalue weighted by molar-refractivity contribution is -0.127. The fourth-order valence-corrected chi connectivity index (χ4v) is 1.21. The van der Waals surface area contributed by atoms with Crippen molar-refractivity contribution in [2.75, 3.05) is 26.8 Å². The highest BCUT2D eigenvalue weighted by Crippen LogP contribution is 2.01. The molecule has 0 aromatic heterocycles. The quantitative estimate of drug-likeness (QED) is 0.538. The normalized spacial score (nSPS) is 13.7. The number of nitrogens with one attached hydrogen (secondary N) is 2. The van der Waals surface area contributed by atoms with Crippen molar-refractivity contribution in [1.29, 1.82) is 0 Å². The predicted molar refractivity (Wildman–Crippen MR) is 58.6 cm³/mol. The maximum Gasteiger partial charge on any atom is 0.239 e. The predicted octanol–water partition coefficient (Wildman–Crippen LogP) is -0.502. The lowest BCUT2D eigenvalue weighted by Crippen LogP contribution is -2.53. The highest BCUT2D eigenvalue weighted by atomic mass is 16.5. The van der Waals surface area contributed by atoms with Gasteiger partial charge in [-0.3, -0.25) is 4.79 Å². The lowest BCUT2D eigenvalue weighted by atomic mass is 10.0. The zero-order chi connectivity index (χ0) is 11.9. The third-order valence-electron chi connectivity index (χ3n) is 2.04. The van der Waals surface area contributed by atoms with Crippen LogP contribution in [0.1, 0.15) is 20.8 Å². The van der Waals surface area contributed by atoms with Gasteiger partial charge in [-0.05, 0) is 20.4 Å². The van der Waals surface area contributed by atoms with Crippen molar-refractivity contribution < 1.29 is 14.6 Å². The van der Waals surface area contributed by atoms with E-state index in [-0.39, 0.29) is 19.1 Å². The number of aliphatic hydroxyl groups is 1. The second-order valence-electron chi connectivity index (χ2n) is 3.97. The SMILES string of the molecule is CCNC(C)(C)C(=O)NCC(O)COC. The fraction of sp³-hybridized carbons (Fsp3) is 0.900. The Morgan fingerprint density at radius 2 is 2.13 bits per heavy atom. The van der Waals surface area contributed by atoms with Gasteiger partial charge >= 0.3 is 0 Å². The molecule has 15 heavy (non-hydrogen) atoms. The minimum absolute atomic E-state index is 0.125. The van der Waals surface area contributed by atoms with E-state index in [9.17, 15) is 9.90 Å². The number of aliphatic hydroxyl groups excluding tert-OH is 1. The van der Waals surface area contributed by atoms with Gasteiger partial charge in [0.05, 0.1) is 18.2 Å². The minimum atomic E-state index is -0.656. The molecule has 0 aromatic rings. The number of hydrogen-bond acceptors (Lipinski definition) is 4. The van der Waals surface area contributed by atoms with Crippen LogP contribution in [0.15, 0.2) is 0 Å². The molecule has 1 unspecified atom stereocenters. The van der Waals surface area contributed by atoms with Crippen molar-refractivity contribution in [2.24, 2.45) is 0 Å². The van der Waals surface area contributed by atoms with Gasteiger partial charge < -0.3 is 20.5 Å². The van der Waals surface area contributed by atoms with E-state index in [0.29, 0.717) is 0 Å². The summed E-state index contributed by atoms with van der Waals surface area (Å²) in [6, 6.07) is 0. The van der Waals surface area contributed by atoms with Crippen LogP contribution in [0.3, 0.4) is 0 Å². The summed E-state index contributed by atoms with van der Waals surface area (Å²) in [6.07, 6.45) is -0.656. The molecule has 0 fully saturated rings. The second-order valence-corrected chi connectivity index (χ2v) is 3.97. The van der Waals surface area contributed by atoms with Gasteiger partial charge in [0.25, 0.3) is 0 Å². The van der Waals surface area contributed by atoms with Crippen LogP contribution in [0.5, 0.6) is 0 Å². The molecule has 0 aliphatic rings. The van der Waals surface area contributed by atoms with Gasteiger partial charge in [-0.25, -0.2) is 0 Å². The molecule has 0 bridgehead atoms. The molecule has 0 rings (SSSR count). The Morgan fingerprint density at radius 1 is 1.53 bits per heavy atom. The summed E-state index contributed by atoms with van der Waals surface area (Å²) >= 11 is 0. The maximum absolute atomic E-state index is 11.6. The Balaban J connectivity index is 3.92. The van der Waals surface area contributed by atoms with Gasteiger partial charge in [0, 0.05) is 13.7 Å². The molecular formula is C10H22N2O3. The maximum atomic E-state index is 11.6. The summed E-state index contributed by atoms with van der Waals surface area (Å²) in [7, 11) is 1.51. The molecule has 90 valence electrons. The average Bonchev–Trinajstić information content (AvgIpc) is 2.14. The Bertz CT molecular complexity index is 195. The van der Waals surface area contributed by atoms with Crippen LogP contribution in [0, 0.1) is 0 Å². The van der Waals surface area contributed by atoms with E-state index in [1.54, 1.807) is 13.8 Å². The van der Waals surface area contributed by atoms with Crippen LogP contribution in [0.25, 0.3) is 0 Å². The number of methoxy groups -OCH3 is 1. The van der Waals surface area contributed by atoms with Crippen LogP contribution < -0.4 is 10.6 Å². The summed E-state index contributed by atoms with van der Waals surface area (Å²) in [5.41, 5.74) is -0.610. The van der Waals surface area contributed by atoms with Crippen LogP contribution in [0.2, 0.25) is 0 Å². The van der Waals surface area contributed by atoms with Crippen molar-refractivity contribution in [3.8, 4) is 0 Å². The van der Waals surface area contributed by atoms with Gasteiger partial charge in [-0.15, -0.1) is 0 Å². The molecule has 1 amide bonds. The largest absolute Gasteiger partial charge is 0.389 e. The summed E-state index contributed by atoms with van der Waals surface area (Å²) in [6.45, 7) is 6.70. The van der Waals surface area contributed by atoms with E-state index in [0.717, 1.165) is 6.54 Å². The van der Waals surface area contributed by atoms with Gasteiger partial charge in [-0.1, -0.05) is 6.92 Å². The molecular weight excluding hydrogens is 196 g/mol.